The number of aryl methyl sites for hydroxylation is 1. The Labute approximate surface area is 167 Å². The predicted molar refractivity (Wildman–Crippen MR) is 108 cm³/mol. The van der Waals surface area contributed by atoms with Gasteiger partial charge in [0.25, 0.3) is 0 Å². The first-order valence-corrected chi connectivity index (χ1v) is 10.4. The Morgan fingerprint density at radius 3 is 2.36 bits per heavy atom. The Hall–Kier alpha value is -2.38. The summed E-state index contributed by atoms with van der Waals surface area (Å²) < 4.78 is 38.2. The zero-order valence-electron chi connectivity index (χ0n) is 16.9. The Balaban J connectivity index is 2.45. The van der Waals surface area contributed by atoms with Crippen molar-refractivity contribution in [2.75, 3.05) is 20.8 Å². The zero-order valence-corrected chi connectivity index (χ0v) is 17.7. The Bertz CT molecular complexity index is 937. The molecule has 0 spiro atoms. The van der Waals surface area contributed by atoms with E-state index in [9.17, 15) is 13.2 Å². The molecule has 2 rings (SSSR count). The van der Waals surface area contributed by atoms with Crippen molar-refractivity contribution in [2.45, 2.75) is 37.6 Å². The van der Waals surface area contributed by atoms with Crippen LogP contribution in [0, 0.1) is 6.92 Å². The van der Waals surface area contributed by atoms with Gasteiger partial charge in [0, 0.05) is 6.54 Å². The standard InChI is InChI=1S/C21H27NO5S/c1-16-9-6-7-12-19(16)28(24,25)22(21(2,3)20(23)27-5)14-13-17-10-8-11-18(15-17)26-4/h6-12,15H,13-14H2,1-5H3. The second kappa shape index (κ2) is 8.75. The van der Waals surface area contributed by atoms with Gasteiger partial charge in [-0.2, -0.15) is 4.31 Å². The van der Waals surface area contributed by atoms with Crippen molar-refractivity contribution in [3.05, 3.63) is 59.7 Å². The first-order chi connectivity index (χ1) is 13.1. The molecule has 2 aromatic carbocycles. The van der Waals surface area contributed by atoms with Gasteiger partial charge in [0.2, 0.25) is 10.0 Å². The highest BCUT2D eigenvalue weighted by Crippen LogP contribution is 2.28. The number of sulfonamides is 1. The van der Waals surface area contributed by atoms with E-state index in [4.69, 9.17) is 9.47 Å². The third-order valence-corrected chi connectivity index (χ3v) is 6.94. The molecular formula is C21H27NO5S. The van der Waals surface area contributed by atoms with Crippen molar-refractivity contribution in [1.29, 1.82) is 0 Å². The van der Waals surface area contributed by atoms with E-state index >= 15 is 0 Å². The summed E-state index contributed by atoms with van der Waals surface area (Å²) in [5, 5.41) is 0. The molecule has 0 radical (unpaired) electrons. The number of methoxy groups -OCH3 is 2. The van der Waals surface area contributed by atoms with Gasteiger partial charge in [-0.3, -0.25) is 4.79 Å². The lowest BCUT2D eigenvalue weighted by atomic mass is 10.1. The van der Waals surface area contributed by atoms with Crippen LogP contribution in [0.25, 0.3) is 0 Å². The summed E-state index contributed by atoms with van der Waals surface area (Å²) in [6.45, 7) is 4.96. The molecule has 0 saturated heterocycles. The summed E-state index contributed by atoms with van der Waals surface area (Å²) in [5.74, 6) is 0.0772. The van der Waals surface area contributed by atoms with Gasteiger partial charge in [-0.25, -0.2) is 8.42 Å². The minimum atomic E-state index is -3.93. The van der Waals surface area contributed by atoms with Gasteiger partial charge in [-0.1, -0.05) is 30.3 Å². The fourth-order valence-corrected chi connectivity index (χ4v) is 5.04. The summed E-state index contributed by atoms with van der Waals surface area (Å²) in [7, 11) is -1.10. The average Bonchev–Trinajstić information content (AvgIpc) is 2.67. The molecule has 6 nitrogen and oxygen atoms in total. The molecule has 0 aliphatic rings. The van der Waals surface area contributed by atoms with Gasteiger partial charge < -0.3 is 9.47 Å². The lowest BCUT2D eigenvalue weighted by Crippen LogP contribution is -2.54. The maximum atomic E-state index is 13.5. The van der Waals surface area contributed by atoms with E-state index in [0.717, 1.165) is 5.56 Å². The third kappa shape index (κ3) is 4.54. The first-order valence-electron chi connectivity index (χ1n) is 8.94. The summed E-state index contributed by atoms with van der Waals surface area (Å²) >= 11 is 0. The Morgan fingerprint density at radius 1 is 1.07 bits per heavy atom. The molecule has 7 heteroatoms. The lowest BCUT2D eigenvalue weighted by molar-refractivity contribution is -0.150. The SMILES string of the molecule is COC(=O)C(C)(C)N(CCc1cccc(OC)c1)S(=O)(=O)c1ccccc1C. The van der Waals surface area contributed by atoms with Crippen molar-refractivity contribution in [2.24, 2.45) is 0 Å². The highest BCUT2D eigenvalue weighted by atomic mass is 32.2. The van der Waals surface area contributed by atoms with Crippen LogP contribution in [0.1, 0.15) is 25.0 Å². The number of carbonyl (C=O) groups excluding carboxylic acids is 1. The summed E-state index contributed by atoms with van der Waals surface area (Å²) in [5.41, 5.74) is 0.161. The summed E-state index contributed by atoms with van der Waals surface area (Å²) in [6, 6.07) is 14.2. The summed E-state index contributed by atoms with van der Waals surface area (Å²) in [4.78, 5) is 12.6. The van der Waals surface area contributed by atoms with Crippen LogP contribution in [0.15, 0.2) is 53.4 Å². The molecule has 0 aromatic heterocycles. The second-order valence-electron chi connectivity index (χ2n) is 6.99. The number of esters is 1. The largest absolute Gasteiger partial charge is 0.497 e. The van der Waals surface area contributed by atoms with Crippen LogP contribution in [0.4, 0.5) is 0 Å². The molecule has 0 unspecified atom stereocenters. The van der Waals surface area contributed by atoms with Crippen molar-refractivity contribution in [3.63, 3.8) is 0 Å². The molecule has 0 aliphatic carbocycles. The van der Waals surface area contributed by atoms with E-state index in [0.29, 0.717) is 17.7 Å². The number of rotatable bonds is 8. The molecule has 0 aliphatic heterocycles. The van der Waals surface area contributed by atoms with Gasteiger partial charge in [0.1, 0.15) is 11.3 Å². The monoisotopic (exact) mass is 405 g/mol. The van der Waals surface area contributed by atoms with Gasteiger partial charge in [0.15, 0.2) is 0 Å². The van der Waals surface area contributed by atoms with Gasteiger partial charge in [0.05, 0.1) is 19.1 Å². The van der Waals surface area contributed by atoms with Crippen molar-refractivity contribution >= 4 is 16.0 Å². The van der Waals surface area contributed by atoms with E-state index in [-0.39, 0.29) is 11.4 Å². The van der Waals surface area contributed by atoms with E-state index in [1.807, 2.05) is 24.3 Å². The van der Waals surface area contributed by atoms with Crippen LogP contribution in [0.5, 0.6) is 5.75 Å². The Morgan fingerprint density at radius 2 is 1.75 bits per heavy atom. The molecular weight excluding hydrogens is 378 g/mol. The van der Waals surface area contributed by atoms with Crippen LogP contribution in [0.3, 0.4) is 0 Å². The van der Waals surface area contributed by atoms with E-state index < -0.39 is 21.5 Å². The number of carbonyl (C=O) groups is 1. The van der Waals surface area contributed by atoms with Crippen LogP contribution in [-0.4, -0.2) is 45.0 Å². The van der Waals surface area contributed by atoms with Gasteiger partial charge in [-0.05, 0) is 56.5 Å². The lowest BCUT2D eigenvalue weighted by Gasteiger charge is -2.35. The van der Waals surface area contributed by atoms with E-state index in [1.54, 1.807) is 52.1 Å². The fourth-order valence-electron chi connectivity index (χ4n) is 3.07. The van der Waals surface area contributed by atoms with E-state index in [2.05, 4.69) is 0 Å². The molecule has 0 bridgehead atoms. The predicted octanol–water partition coefficient (Wildman–Crippen LogP) is 3.19. The topological polar surface area (TPSA) is 72.9 Å². The normalized spacial score (nSPS) is 12.1. The quantitative estimate of drug-likeness (QED) is 0.631. The molecule has 0 N–H and O–H groups in total. The van der Waals surface area contributed by atoms with Crippen LogP contribution in [-0.2, 0) is 26.0 Å². The number of nitrogens with zero attached hydrogens (tertiary/aromatic N) is 1. The van der Waals surface area contributed by atoms with Crippen molar-refractivity contribution in [1.82, 2.24) is 4.31 Å². The highest BCUT2D eigenvalue weighted by Gasteiger charge is 2.43. The maximum Gasteiger partial charge on any atom is 0.326 e. The number of ether oxygens (including phenoxy) is 2. The maximum absolute atomic E-state index is 13.5. The van der Waals surface area contributed by atoms with Crippen LogP contribution >= 0.6 is 0 Å². The smallest absolute Gasteiger partial charge is 0.326 e. The molecule has 152 valence electrons. The molecule has 28 heavy (non-hydrogen) atoms. The summed E-state index contributed by atoms with van der Waals surface area (Å²) in [6.07, 6.45) is 0.419. The molecule has 0 fully saturated rings. The number of hydrogen-bond donors (Lipinski definition) is 0. The molecule has 0 heterocycles. The number of benzene rings is 2. The molecule has 0 atom stereocenters. The minimum Gasteiger partial charge on any atom is -0.497 e. The van der Waals surface area contributed by atoms with Crippen molar-refractivity contribution < 1.29 is 22.7 Å². The first kappa shape index (κ1) is 21.9. The van der Waals surface area contributed by atoms with Gasteiger partial charge in [-0.15, -0.1) is 0 Å². The number of hydrogen-bond acceptors (Lipinski definition) is 5. The zero-order chi connectivity index (χ0) is 20.9. The average molecular weight is 406 g/mol. The Kier molecular flexibility index (Phi) is 6.85. The van der Waals surface area contributed by atoms with E-state index in [1.165, 1.54) is 11.4 Å². The third-order valence-electron chi connectivity index (χ3n) is 4.71. The fraction of sp³-hybridized carbons (Fsp3) is 0.381. The van der Waals surface area contributed by atoms with Crippen LogP contribution < -0.4 is 4.74 Å². The van der Waals surface area contributed by atoms with Crippen LogP contribution in [0.2, 0.25) is 0 Å². The molecule has 0 saturated carbocycles. The minimum absolute atomic E-state index is 0.117. The molecule has 2 aromatic rings. The molecule has 0 amide bonds. The second-order valence-corrected chi connectivity index (χ2v) is 8.83. The highest BCUT2D eigenvalue weighted by molar-refractivity contribution is 7.89. The van der Waals surface area contributed by atoms with Crippen molar-refractivity contribution in [3.8, 4) is 5.75 Å². The van der Waals surface area contributed by atoms with Gasteiger partial charge >= 0.3 is 5.97 Å².